The summed E-state index contributed by atoms with van der Waals surface area (Å²) in [5, 5.41) is 2.57. The minimum atomic E-state index is -4.35. The molecule has 0 radical (unpaired) electrons. The predicted octanol–water partition coefficient (Wildman–Crippen LogP) is 0.127. The summed E-state index contributed by atoms with van der Waals surface area (Å²) in [5.74, 6) is -0.948. The smallest absolute Gasteiger partial charge is 0.748 e. The van der Waals surface area contributed by atoms with E-state index in [1.807, 2.05) is 0 Å². The van der Waals surface area contributed by atoms with Gasteiger partial charge in [-0.05, 0) is 13.3 Å². The van der Waals surface area contributed by atoms with Crippen LogP contribution in [0.2, 0.25) is 0 Å². The van der Waals surface area contributed by atoms with Crippen LogP contribution >= 0.6 is 0 Å². The van der Waals surface area contributed by atoms with Crippen molar-refractivity contribution in [2.24, 2.45) is 0 Å². The van der Waals surface area contributed by atoms with E-state index in [9.17, 15) is 17.8 Å². The minimum Gasteiger partial charge on any atom is -0.748 e. The van der Waals surface area contributed by atoms with Gasteiger partial charge in [-0.25, -0.2) is 8.42 Å². The second kappa shape index (κ2) is 14.5. The number of rotatable bonds is 13. The molecule has 1 N–H and O–H groups in total. The van der Waals surface area contributed by atoms with E-state index in [4.69, 9.17) is 0 Å². The Hall–Kier alpha value is 0.120. The molecular formula is C16H30NNaO4S. The zero-order valence-electron chi connectivity index (χ0n) is 14.9. The van der Waals surface area contributed by atoms with E-state index >= 15 is 0 Å². The average molecular weight is 355 g/mol. The summed E-state index contributed by atoms with van der Waals surface area (Å²) < 4.78 is 32.7. The predicted molar refractivity (Wildman–Crippen MR) is 88.5 cm³/mol. The van der Waals surface area contributed by atoms with E-state index in [1.165, 1.54) is 32.1 Å². The van der Waals surface area contributed by atoms with Crippen LogP contribution in [0.3, 0.4) is 0 Å². The molecule has 7 heteroatoms. The standard InChI is InChI=1S/C16H31NO4S.Na/c1-4-5-6-7-8-9-10-11-12-15(13-22(19,20)21)17-16(18)14(2)3;/h15H,2,4-13H2,1,3H3,(H,17,18)(H,19,20,21);/q;+1/p-1. The average Bonchev–Trinajstić information content (AvgIpc) is 2.39. The first-order chi connectivity index (χ1) is 10.3. The van der Waals surface area contributed by atoms with Crippen LogP contribution in [0, 0.1) is 0 Å². The molecule has 0 aromatic rings. The van der Waals surface area contributed by atoms with Gasteiger partial charge in [-0.15, -0.1) is 0 Å². The third-order valence-corrected chi connectivity index (χ3v) is 4.34. The topological polar surface area (TPSA) is 86.3 Å². The number of carbonyl (C=O) groups is 1. The molecule has 0 aromatic heterocycles. The molecule has 0 rings (SSSR count). The Morgan fingerprint density at radius 1 is 1.09 bits per heavy atom. The fourth-order valence-corrected chi connectivity index (χ4v) is 3.02. The number of unbranched alkanes of at least 4 members (excludes halogenated alkanes) is 7. The zero-order valence-corrected chi connectivity index (χ0v) is 17.7. The first kappa shape index (κ1) is 25.4. The van der Waals surface area contributed by atoms with Crippen LogP contribution in [-0.4, -0.2) is 30.7 Å². The van der Waals surface area contributed by atoms with E-state index in [0.29, 0.717) is 12.0 Å². The summed E-state index contributed by atoms with van der Waals surface area (Å²) in [4.78, 5) is 11.6. The monoisotopic (exact) mass is 355 g/mol. The molecule has 1 amide bonds. The van der Waals surface area contributed by atoms with Gasteiger partial charge in [-0.1, -0.05) is 64.9 Å². The molecule has 130 valence electrons. The molecule has 0 spiro atoms. The number of amides is 1. The summed E-state index contributed by atoms with van der Waals surface area (Å²) in [6.45, 7) is 7.24. The number of hydrogen-bond donors (Lipinski definition) is 1. The van der Waals surface area contributed by atoms with E-state index in [0.717, 1.165) is 19.3 Å². The molecule has 0 fully saturated rings. The summed E-state index contributed by atoms with van der Waals surface area (Å²) >= 11 is 0. The maximum atomic E-state index is 11.6. The Morgan fingerprint density at radius 3 is 2.00 bits per heavy atom. The van der Waals surface area contributed by atoms with Crippen LogP contribution in [0.1, 0.15) is 71.6 Å². The zero-order chi connectivity index (χ0) is 17.0. The molecule has 0 aliphatic rings. The maximum Gasteiger partial charge on any atom is 1.00 e. The Morgan fingerprint density at radius 2 is 1.57 bits per heavy atom. The summed E-state index contributed by atoms with van der Waals surface area (Å²) in [6.07, 6.45) is 9.60. The molecule has 1 unspecified atom stereocenters. The SMILES string of the molecule is C=C(C)C(=O)NC(CCCCCCCCCC)CS(=O)(=O)[O-].[Na+]. The maximum absolute atomic E-state index is 11.6. The van der Waals surface area contributed by atoms with Gasteiger partial charge in [-0.2, -0.15) is 0 Å². The summed E-state index contributed by atoms with van der Waals surface area (Å²) in [7, 11) is -4.35. The molecule has 23 heavy (non-hydrogen) atoms. The van der Waals surface area contributed by atoms with Crippen molar-refractivity contribution in [3.05, 3.63) is 12.2 Å². The van der Waals surface area contributed by atoms with Crippen molar-refractivity contribution in [2.45, 2.75) is 77.7 Å². The first-order valence-corrected chi connectivity index (χ1v) is 9.74. The van der Waals surface area contributed by atoms with Crippen LogP contribution < -0.4 is 34.9 Å². The third-order valence-electron chi connectivity index (χ3n) is 3.53. The largest absolute Gasteiger partial charge is 1.00 e. The minimum absolute atomic E-state index is 0. The normalized spacial score (nSPS) is 12.3. The summed E-state index contributed by atoms with van der Waals surface area (Å²) in [6, 6.07) is -0.619. The molecule has 0 bridgehead atoms. The van der Waals surface area contributed by atoms with Crippen LogP contribution in [0.25, 0.3) is 0 Å². The number of hydrogen-bond acceptors (Lipinski definition) is 4. The van der Waals surface area contributed by atoms with E-state index in [2.05, 4.69) is 18.8 Å². The van der Waals surface area contributed by atoms with Gasteiger partial charge >= 0.3 is 29.6 Å². The van der Waals surface area contributed by atoms with Crippen molar-refractivity contribution >= 4 is 16.0 Å². The fraction of sp³-hybridized carbons (Fsp3) is 0.812. The van der Waals surface area contributed by atoms with E-state index < -0.39 is 27.8 Å². The van der Waals surface area contributed by atoms with Gasteiger partial charge in [0.1, 0.15) is 0 Å². The van der Waals surface area contributed by atoms with Gasteiger partial charge in [0, 0.05) is 11.6 Å². The van der Waals surface area contributed by atoms with Crippen molar-refractivity contribution in [3.8, 4) is 0 Å². The quantitative estimate of drug-likeness (QED) is 0.220. The van der Waals surface area contributed by atoms with Gasteiger partial charge in [0.05, 0.1) is 15.9 Å². The van der Waals surface area contributed by atoms with Gasteiger partial charge < -0.3 is 9.87 Å². The van der Waals surface area contributed by atoms with Gasteiger partial charge in [0.25, 0.3) is 0 Å². The molecule has 1 atom stereocenters. The van der Waals surface area contributed by atoms with Crippen molar-refractivity contribution < 1.29 is 47.3 Å². The Balaban J connectivity index is 0. The first-order valence-electron chi connectivity index (χ1n) is 8.16. The van der Waals surface area contributed by atoms with Crippen LogP contribution in [0.15, 0.2) is 12.2 Å². The van der Waals surface area contributed by atoms with Crippen LogP contribution in [0.5, 0.6) is 0 Å². The summed E-state index contributed by atoms with van der Waals surface area (Å²) in [5.41, 5.74) is 0.309. The molecule has 0 aromatic carbocycles. The number of carbonyl (C=O) groups excluding carboxylic acids is 1. The van der Waals surface area contributed by atoms with Crippen LogP contribution in [0.4, 0.5) is 0 Å². The fourth-order valence-electron chi connectivity index (χ4n) is 2.28. The molecule has 0 saturated heterocycles. The molecule has 0 heterocycles. The third kappa shape index (κ3) is 16.8. The molecule has 0 aliphatic carbocycles. The molecular weight excluding hydrogens is 325 g/mol. The van der Waals surface area contributed by atoms with Gasteiger partial charge in [0.2, 0.25) is 5.91 Å². The molecule has 0 saturated carbocycles. The number of nitrogens with one attached hydrogen (secondary N) is 1. The van der Waals surface area contributed by atoms with Crippen molar-refractivity contribution in [1.29, 1.82) is 0 Å². The van der Waals surface area contributed by atoms with Gasteiger partial charge in [0.15, 0.2) is 0 Å². The molecule has 5 nitrogen and oxygen atoms in total. The second-order valence-electron chi connectivity index (χ2n) is 5.94. The second-order valence-corrected chi connectivity index (χ2v) is 7.39. The van der Waals surface area contributed by atoms with Crippen LogP contribution in [-0.2, 0) is 14.9 Å². The molecule has 0 aliphatic heterocycles. The van der Waals surface area contributed by atoms with E-state index in [1.54, 1.807) is 6.92 Å². The Labute approximate surface area is 163 Å². The van der Waals surface area contributed by atoms with Gasteiger partial charge in [-0.3, -0.25) is 4.79 Å². The Bertz CT molecular complexity index is 437. The van der Waals surface area contributed by atoms with E-state index in [-0.39, 0.29) is 29.6 Å². The van der Waals surface area contributed by atoms with Crippen molar-refractivity contribution in [3.63, 3.8) is 0 Å². The van der Waals surface area contributed by atoms with Crippen molar-refractivity contribution in [1.82, 2.24) is 5.32 Å². The van der Waals surface area contributed by atoms with Crippen molar-refractivity contribution in [2.75, 3.05) is 5.75 Å². The Kier molecular flexibility index (Phi) is 15.9.